The fourth-order valence-corrected chi connectivity index (χ4v) is 4.84. The number of carbonyl (C=O) groups is 2. The zero-order valence-corrected chi connectivity index (χ0v) is 17.3. The van der Waals surface area contributed by atoms with Crippen LogP contribution in [0.25, 0.3) is 0 Å². The summed E-state index contributed by atoms with van der Waals surface area (Å²) in [7, 11) is 0. The highest BCUT2D eigenvalue weighted by molar-refractivity contribution is 5.94. The van der Waals surface area contributed by atoms with E-state index in [0.29, 0.717) is 6.54 Å². The van der Waals surface area contributed by atoms with Crippen LogP contribution >= 0.6 is 0 Å². The number of carboxylic acid groups (broad SMARTS) is 1. The summed E-state index contributed by atoms with van der Waals surface area (Å²) >= 11 is 0. The van der Waals surface area contributed by atoms with Crippen molar-refractivity contribution >= 4 is 17.7 Å². The first-order chi connectivity index (χ1) is 14.0. The molecule has 4 rings (SSSR count). The first kappa shape index (κ1) is 20.2. The van der Waals surface area contributed by atoms with Crippen LogP contribution in [0.5, 0.6) is 0 Å². The van der Waals surface area contributed by atoms with Crippen molar-refractivity contribution < 1.29 is 14.7 Å². The predicted molar refractivity (Wildman–Crippen MR) is 112 cm³/mol. The number of benzene rings is 1. The van der Waals surface area contributed by atoms with E-state index >= 15 is 0 Å². The molecule has 158 valence electrons. The minimum atomic E-state index is -0.742. The number of nitrogens with one attached hydrogen (secondary N) is 1. The molecule has 0 saturated carbocycles. The molecule has 1 unspecified atom stereocenters. The van der Waals surface area contributed by atoms with Crippen LogP contribution in [0.2, 0.25) is 0 Å². The molecule has 2 amide bonds. The Bertz CT molecular complexity index is 760. The van der Waals surface area contributed by atoms with Crippen LogP contribution in [0.4, 0.5) is 10.5 Å². The third-order valence-corrected chi connectivity index (χ3v) is 6.64. The quantitative estimate of drug-likeness (QED) is 0.788. The van der Waals surface area contributed by atoms with Gasteiger partial charge < -0.3 is 20.2 Å². The highest BCUT2D eigenvalue weighted by Crippen LogP contribution is 2.28. The van der Waals surface area contributed by atoms with E-state index in [2.05, 4.69) is 28.4 Å². The smallest absolute Gasteiger partial charge is 0.324 e. The van der Waals surface area contributed by atoms with E-state index < -0.39 is 5.97 Å². The predicted octanol–water partition coefficient (Wildman–Crippen LogP) is 1.80. The number of amides is 2. The molecule has 3 aliphatic rings. The minimum Gasteiger partial charge on any atom is -0.481 e. The largest absolute Gasteiger partial charge is 0.481 e. The van der Waals surface area contributed by atoms with Crippen molar-refractivity contribution in [2.75, 3.05) is 50.7 Å². The number of carboxylic acids is 1. The number of likely N-dealkylation sites (tertiary alicyclic amines) is 1. The summed E-state index contributed by atoms with van der Waals surface area (Å²) in [6, 6.07) is 6.87. The Morgan fingerprint density at radius 1 is 1.14 bits per heavy atom. The van der Waals surface area contributed by atoms with Crippen LogP contribution in [-0.2, 0) is 17.6 Å². The molecular formula is C22H32N4O3. The van der Waals surface area contributed by atoms with E-state index in [1.165, 1.54) is 11.1 Å². The number of anilines is 1. The van der Waals surface area contributed by atoms with Crippen LogP contribution in [0.1, 0.15) is 30.9 Å². The topological polar surface area (TPSA) is 76.1 Å². The van der Waals surface area contributed by atoms with E-state index in [9.17, 15) is 9.59 Å². The Morgan fingerprint density at radius 2 is 1.86 bits per heavy atom. The lowest BCUT2D eigenvalue weighted by Crippen LogP contribution is -2.47. The molecule has 1 aromatic rings. The van der Waals surface area contributed by atoms with Gasteiger partial charge in [-0.3, -0.25) is 9.69 Å². The first-order valence-electron chi connectivity index (χ1n) is 10.9. The van der Waals surface area contributed by atoms with Gasteiger partial charge in [0.25, 0.3) is 0 Å². The van der Waals surface area contributed by atoms with E-state index in [4.69, 9.17) is 5.11 Å². The van der Waals surface area contributed by atoms with E-state index in [0.717, 1.165) is 70.6 Å². The summed E-state index contributed by atoms with van der Waals surface area (Å²) in [5, 5.41) is 12.5. The third-order valence-electron chi connectivity index (χ3n) is 6.64. The van der Waals surface area contributed by atoms with Crippen molar-refractivity contribution in [1.29, 1.82) is 0 Å². The zero-order valence-electron chi connectivity index (χ0n) is 17.3. The van der Waals surface area contributed by atoms with Gasteiger partial charge in [-0.2, -0.15) is 0 Å². The summed E-state index contributed by atoms with van der Waals surface area (Å²) in [6.07, 6.45) is 3.90. The monoisotopic (exact) mass is 400 g/mol. The molecule has 0 radical (unpaired) electrons. The van der Waals surface area contributed by atoms with E-state index in [1.807, 2.05) is 9.80 Å². The SMILES string of the molecule is CC(CN1CCC(N2CCN(c3ccc4c(c3)CCNCC4)C2=O)CC1)C(=O)O. The van der Waals surface area contributed by atoms with Crippen LogP contribution in [0.15, 0.2) is 18.2 Å². The molecule has 2 fully saturated rings. The van der Waals surface area contributed by atoms with Gasteiger partial charge >= 0.3 is 12.0 Å². The minimum absolute atomic E-state index is 0.119. The number of fused-ring (bicyclic) bond motifs is 1. The van der Waals surface area contributed by atoms with Gasteiger partial charge in [0.15, 0.2) is 0 Å². The van der Waals surface area contributed by atoms with Gasteiger partial charge in [0, 0.05) is 44.5 Å². The second-order valence-corrected chi connectivity index (χ2v) is 8.60. The number of hydrogen-bond acceptors (Lipinski definition) is 4. The Hall–Kier alpha value is -2.12. The second kappa shape index (κ2) is 8.71. The van der Waals surface area contributed by atoms with Crippen molar-refractivity contribution in [1.82, 2.24) is 15.1 Å². The number of aliphatic carboxylic acids is 1. The molecule has 7 heteroatoms. The van der Waals surface area contributed by atoms with Crippen LogP contribution in [0.3, 0.4) is 0 Å². The third kappa shape index (κ3) is 4.41. The molecular weight excluding hydrogens is 368 g/mol. The molecule has 7 nitrogen and oxygen atoms in total. The number of rotatable bonds is 5. The van der Waals surface area contributed by atoms with Gasteiger partial charge in [-0.1, -0.05) is 13.0 Å². The summed E-state index contributed by atoms with van der Waals surface area (Å²) in [5.74, 6) is -1.09. The van der Waals surface area contributed by atoms with Gasteiger partial charge in [-0.15, -0.1) is 0 Å². The Morgan fingerprint density at radius 3 is 2.59 bits per heavy atom. The summed E-state index contributed by atoms with van der Waals surface area (Å²) in [6.45, 7) is 7.59. The van der Waals surface area contributed by atoms with Crippen LogP contribution in [-0.4, -0.2) is 78.8 Å². The Balaban J connectivity index is 1.36. The standard InChI is InChI=1S/C22H32N4O3/c1-16(21(27)28)15-24-10-6-19(7-11-24)25-12-13-26(22(25)29)20-3-2-17-4-8-23-9-5-18(17)14-20/h2-3,14,16,19,23H,4-13,15H2,1H3,(H,27,28). The van der Waals surface area contributed by atoms with E-state index in [1.54, 1.807) is 6.92 Å². The van der Waals surface area contributed by atoms with Gasteiger partial charge in [-0.05, 0) is 62.0 Å². The molecule has 1 aromatic carbocycles. The van der Waals surface area contributed by atoms with E-state index in [-0.39, 0.29) is 18.0 Å². The van der Waals surface area contributed by atoms with Crippen LogP contribution < -0.4 is 10.2 Å². The van der Waals surface area contributed by atoms with Gasteiger partial charge in [0.2, 0.25) is 0 Å². The molecule has 3 aliphatic heterocycles. The summed E-state index contributed by atoms with van der Waals surface area (Å²) in [5.41, 5.74) is 3.77. The zero-order chi connectivity index (χ0) is 20.4. The number of urea groups is 1. The molecule has 2 saturated heterocycles. The van der Waals surface area contributed by atoms with Crippen molar-refractivity contribution in [2.45, 2.75) is 38.6 Å². The van der Waals surface area contributed by atoms with Gasteiger partial charge in [0.1, 0.15) is 0 Å². The normalized spacial score (nSPS) is 22.4. The molecule has 0 spiro atoms. The number of hydrogen-bond donors (Lipinski definition) is 2. The van der Waals surface area contributed by atoms with Crippen molar-refractivity contribution in [3.05, 3.63) is 29.3 Å². The fraction of sp³-hybridized carbons (Fsp3) is 0.636. The highest BCUT2D eigenvalue weighted by Gasteiger charge is 2.36. The molecule has 0 bridgehead atoms. The molecule has 29 heavy (non-hydrogen) atoms. The average Bonchev–Trinajstić information content (AvgIpc) is 2.95. The Labute approximate surface area is 172 Å². The lowest BCUT2D eigenvalue weighted by molar-refractivity contribution is -0.141. The van der Waals surface area contributed by atoms with Gasteiger partial charge in [0.05, 0.1) is 5.92 Å². The molecule has 0 aromatic heterocycles. The maximum absolute atomic E-state index is 13.1. The van der Waals surface area contributed by atoms with Crippen LogP contribution in [0, 0.1) is 5.92 Å². The highest BCUT2D eigenvalue weighted by atomic mass is 16.4. The molecule has 0 aliphatic carbocycles. The average molecular weight is 401 g/mol. The van der Waals surface area contributed by atoms with Crippen molar-refractivity contribution in [3.8, 4) is 0 Å². The summed E-state index contributed by atoms with van der Waals surface area (Å²) < 4.78 is 0. The number of nitrogens with zero attached hydrogens (tertiary/aromatic N) is 3. The lowest BCUT2D eigenvalue weighted by Gasteiger charge is -2.37. The second-order valence-electron chi connectivity index (χ2n) is 8.60. The van der Waals surface area contributed by atoms with Gasteiger partial charge in [-0.25, -0.2) is 4.79 Å². The lowest BCUT2D eigenvalue weighted by atomic mass is 10.0. The first-order valence-corrected chi connectivity index (χ1v) is 10.9. The van der Waals surface area contributed by atoms with Crippen molar-refractivity contribution in [3.63, 3.8) is 0 Å². The maximum Gasteiger partial charge on any atom is 0.324 e. The number of carbonyl (C=O) groups excluding carboxylic acids is 1. The fourth-order valence-electron chi connectivity index (χ4n) is 4.84. The maximum atomic E-state index is 13.1. The number of piperidine rings is 1. The Kier molecular flexibility index (Phi) is 6.06. The molecule has 2 N–H and O–H groups in total. The summed E-state index contributed by atoms with van der Waals surface area (Å²) in [4.78, 5) is 30.4. The molecule has 1 atom stereocenters. The van der Waals surface area contributed by atoms with Crippen molar-refractivity contribution in [2.24, 2.45) is 5.92 Å². The molecule has 3 heterocycles.